The van der Waals surface area contributed by atoms with E-state index in [2.05, 4.69) is 34.7 Å². The number of hydrogen-bond acceptors (Lipinski definition) is 3. The molecule has 0 radical (unpaired) electrons. The van der Waals surface area contributed by atoms with Crippen LogP contribution in [0.3, 0.4) is 0 Å². The fourth-order valence-electron chi connectivity index (χ4n) is 2.07. The molecule has 0 aliphatic rings. The molecule has 0 fully saturated rings. The van der Waals surface area contributed by atoms with E-state index in [4.69, 9.17) is 0 Å². The van der Waals surface area contributed by atoms with Crippen LogP contribution in [0.4, 0.5) is 16.2 Å². The van der Waals surface area contributed by atoms with Gasteiger partial charge in [0.25, 0.3) is 0 Å². The lowest BCUT2D eigenvalue weighted by Gasteiger charge is -2.18. The second-order valence-electron chi connectivity index (χ2n) is 5.12. The molecular formula is C16H26N4O2. The molecule has 6 heteroatoms. The molecule has 6 nitrogen and oxygen atoms in total. The van der Waals surface area contributed by atoms with Gasteiger partial charge in [-0.2, -0.15) is 0 Å². The first-order chi connectivity index (χ1) is 10.5. The van der Waals surface area contributed by atoms with Crippen molar-refractivity contribution in [2.75, 3.05) is 36.8 Å². The molecule has 0 atom stereocenters. The minimum Gasteiger partial charge on any atom is -0.337 e. The molecule has 1 aromatic carbocycles. The van der Waals surface area contributed by atoms with Crippen LogP contribution >= 0.6 is 0 Å². The summed E-state index contributed by atoms with van der Waals surface area (Å²) in [5.41, 5.74) is 2.29. The average Bonchev–Trinajstić information content (AvgIpc) is 2.46. The van der Waals surface area contributed by atoms with Crippen molar-refractivity contribution >= 4 is 23.3 Å². The highest BCUT2D eigenvalue weighted by molar-refractivity contribution is 5.93. The van der Waals surface area contributed by atoms with Crippen molar-refractivity contribution in [3.05, 3.63) is 23.8 Å². The van der Waals surface area contributed by atoms with Crippen molar-refractivity contribution < 1.29 is 9.59 Å². The number of benzene rings is 1. The van der Waals surface area contributed by atoms with Gasteiger partial charge in [0, 0.05) is 31.4 Å². The van der Waals surface area contributed by atoms with Gasteiger partial charge >= 0.3 is 6.03 Å². The zero-order chi connectivity index (χ0) is 16.5. The molecule has 0 aliphatic carbocycles. The van der Waals surface area contributed by atoms with Gasteiger partial charge in [-0.3, -0.25) is 4.79 Å². The smallest absolute Gasteiger partial charge is 0.319 e. The number of anilines is 2. The second-order valence-corrected chi connectivity index (χ2v) is 5.12. The number of carbonyl (C=O) groups is 2. The van der Waals surface area contributed by atoms with Crippen molar-refractivity contribution in [2.45, 2.75) is 27.7 Å². The average molecular weight is 306 g/mol. The van der Waals surface area contributed by atoms with Crippen molar-refractivity contribution in [3.8, 4) is 0 Å². The highest BCUT2D eigenvalue weighted by atomic mass is 16.2. The van der Waals surface area contributed by atoms with Gasteiger partial charge in [-0.05, 0) is 37.7 Å². The fraction of sp³-hybridized carbons (Fsp3) is 0.500. The van der Waals surface area contributed by atoms with Crippen molar-refractivity contribution in [1.82, 2.24) is 10.2 Å². The summed E-state index contributed by atoms with van der Waals surface area (Å²) < 4.78 is 0. The van der Waals surface area contributed by atoms with Gasteiger partial charge in [-0.15, -0.1) is 0 Å². The maximum atomic E-state index is 11.9. The first kappa shape index (κ1) is 18.0. The Hall–Kier alpha value is -2.08. The molecule has 1 rings (SSSR count). The molecule has 0 bridgehead atoms. The number of nitrogens with one attached hydrogen (secondary N) is 3. The van der Waals surface area contributed by atoms with E-state index in [-0.39, 0.29) is 11.9 Å². The van der Waals surface area contributed by atoms with Gasteiger partial charge in [0.2, 0.25) is 5.91 Å². The molecule has 0 saturated carbocycles. The maximum absolute atomic E-state index is 11.9. The molecule has 0 aromatic heterocycles. The largest absolute Gasteiger partial charge is 0.337 e. The highest BCUT2D eigenvalue weighted by Crippen LogP contribution is 2.20. The molecule has 0 heterocycles. The zero-order valence-corrected chi connectivity index (χ0v) is 13.8. The van der Waals surface area contributed by atoms with Gasteiger partial charge in [-0.1, -0.05) is 19.9 Å². The molecule has 0 unspecified atom stereocenters. The van der Waals surface area contributed by atoms with E-state index in [0.29, 0.717) is 17.9 Å². The van der Waals surface area contributed by atoms with Gasteiger partial charge in [0.05, 0.1) is 0 Å². The number of rotatable bonds is 7. The minimum atomic E-state index is -0.241. The summed E-state index contributed by atoms with van der Waals surface area (Å²) in [5.74, 6) is -0.140. The van der Waals surface area contributed by atoms with E-state index in [1.807, 2.05) is 13.0 Å². The van der Waals surface area contributed by atoms with Crippen molar-refractivity contribution in [1.29, 1.82) is 0 Å². The van der Waals surface area contributed by atoms with Crippen LogP contribution in [0.25, 0.3) is 0 Å². The molecule has 22 heavy (non-hydrogen) atoms. The number of nitrogens with zero attached hydrogens (tertiary/aromatic N) is 1. The monoisotopic (exact) mass is 306 g/mol. The third-order valence-corrected chi connectivity index (χ3v) is 3.41. The van der Waals surface area contributed by atoms with E-state index in [1.165, 1.54) is 6.92 Å². The Labute approximate surface area is 132 Å². The van der Waals surface area contributed by atoms with E-state index in [9.17, 15) is 9.59 Å². The summed E-state index contributed by atoms with van der Waals surface area (Å²) in [6.45, 7) is 10.9. The van der Waals surface area contributed by atoms with Crippen LogP contribution in [0.5, 0.6) is 0 Å². The van der Waals surface area contributed by atoms with Crippen LogP contribution in [-0.4, -0.2) is 43.0 Å². The van der Waals surface area contributed by atoms with E-state index in [1.54, 1.807) is 12.1 Å². The van der Waals surface area contributed by atoms with Crippen LogP contribution < -0.4 is 16.0 Å². The molecule has 0 spiro atoms. The number of amides is 3. The van der Waals surface area contributed by atoms with E-state index < -0.39 is 0 Å². The number of hydrogen-bond donors (Lipinski definition) is 3. The first-order valence-corrected chi connectivity index (χ1v) is 7.61. The van der Waals surface area contributed by atoms with Crippen LogP contribution in [0.2, 0.25) is 0 Å². The van der Waals surface area contributed by atoms with Crippen molar-refractivity contribution in [2.24, 2.45) is 0 Å². The summed E-state index contributed by atoms with van der Waals surface area (Å²) in [7, 11) is 0. The summed E-state index contributed by atoms with van der Waals surface area (Å²) in [4.78, 5) is 25.2. The number of likely N-dealkylation sites (N-methyl/N-ethyl adjacent to an activating group) is 1. The van der Waals surface area contributed by atoms with Crippen LogP contribution in [0, 0.1) is 6.92 Å². The van der Waals surface area contributed by atoms with Gasteiger partial charge in [0.15, 0.2) is 0 Å². The van der Waals surface area contributed by atoms with Crippen LogP contribution in [-0.2, 0) is 4.79 Å². The normalized spacial score (nSPS) is 10.4. The predicted octanol–water partition coefficient (Wildman–Crippen LogP) is 2.42. The van der Waals surface area contributed by atoms with Crippen molar-refractivity contribution in [3.63, 3.8) is 0 Å². The fourth-order valence-corrected chi connectivity index (χ4v) is 2.07. The SMILES string of the molecule is CCN(CC)CCNC(=O)Nc1cc(NC(C)=O)ccc1C. The molecule has 3 amide bonds. The molecule has 0 aliphatic heterocycles. The quantitative estimate of drug-likeness (QED) is 0.724. The Balaban J connectivity index is 2.54. The van der Waals surface area contributed by atoms with Gasteiger partial charge < -0.3 is 20.9 Å². The minimum absolute atomic E-state index is 0.140. The summed E-state index contributed by atoms with van der Waals surface area (Å²) >= 11 is 0. The number of aryl methyl sites for hydroxylation is 1. The molecule has 1 aromatic rings. The first-order valence-electron chi connectivity index (χ1n) is 7.61. The lowest BCUT2D eigenvalue weighted by molar-refractivity contribution is -0.114. The highest BCUT2D eigenvalue weighted by Gasteiger charge is 2.06. The predicted molar refractivity (Wildman–Crippen MR) is 90.3 cm³/mol. The summed E-state index contributed by atoms with van der Waals surface area (Å²) in [6.07, 6.45) is 0. The Bertz CT molecular complexity index is 513. The molecule has 122 valence electrons. The van der Waals surface area contributed by atoms with E-state index in [0.717, 1.165) is 25.2 Å². The third-order valence-electron chi connectivity index (χ3n) is 3.41. The second kappa shape index (κ2) is 9.04. The van der Waals surface area contributed by atoms with Crippen LogP contribution in [0.15, 0.2) is 18.2 Å². The van der Waals surface area contributed by atoms with E-state index >= 15 is 0 Å². The maximum Gasteiger partial charge on any atom is 0.319 e. The van der Waals surface area contributed by atoms with Crippen LogP contribution in [0.1, 0.15) is 26.3 Å². The lowest BCUT2D eigenvalue weighted by Crippen LogP contribution is -2.37. The Kier molecular flexibility index (Phi) is 7.39. The summed E-state index contributed by atoms with van der Waals surface area (Å²) in [5, 5.41) is 8.35. The topological polar surface area (TPSA) is 73.5 Å². The lowest BCUT2D eigenvalue weighted by atomic mass is 10.2. The molecule has 3 N–H and O–H groups in total. The molecule has 0 saturated heterocycles. The molecular weight excluding hydrogens is 280 g/mol. The Morgan fingerprint density at radius 3 is 2.41 bits per heavy atom. The standard InChI is InChI=1S/C16H26N4O2/c1-5-20(6-2)10-9-17-16(22)19-15-11-14(18-13(4)21)8-7-12(15)3/h7-8,11H,5-6,9-10H2,1-4H3,(H,18,21)(H2,17,19,22). The van der Waals surface area contributed by atoms with Gasteiger partial charge in [-0.25, -0.2) is 4.79 Å². The number of carbonyl (C=O) groups excluding carboxylic acids is 2. The Morgan fingerprint density at radius 1 is 1.14 bits per heavy atom. The zero-order valence-electron chi connectivity index (χ0n) is 13.8. The number of urea groups is 1. The third kappa shape index (κ3) is 6.13. The van der Waals surface area contributed by atoms with Gasteiger partial charge in [0.1, 0.15) is 0 Å². The Morgan fingerprint density at radius 2 is 1.82 bits per heavy atom. The summed E-state index contributed by atoms with van der Waals surface area (Å²) in [6, 6.07) is 5.17.